The second-order valence-corrected chi connectivity index (χ2v) is 16.7. The Labute approximate surface area is 321 Å². The molecule has 6 atom stereocenters. The van der Waals surface area contributed by atoms with Gasteiger partial charge in [-0.2, -0.15) is 0 Å². The molecular weight excluding hydrogens is 696 g/mol. The van der Waals surface area contributed by atoms with E-state index in [-0.39, 0.29) is 43.4 Å². The zero-order chi connectivity index (χ0) is 38.1. The van der Waals surface area contributed by atoms with E-state index in [0.29, 0.717) is 56.8 Å². The number of carbonyl (C=O) groups excluding carboxylic acids is 1. The minimum atomic E-state index is -0.971. The molecule has 6 unspecified atom stereocenters. The predicted octanol–water partition coefficient (Wildman–Crippen LogP) is 7.10. The van der Waals surface area contributed by atoms with Crippen LogP contribution in [0.15, 0.2) is 0 Å². The average molecular weight is 763 g/mol. The first-order chi connectivity index (χ1) is 26.3. The van der Waals surface area contributed by atoms with Crippen LogP contribution < -0.4 is 0 Å². The third kappa shape index (κ3) is 13.9. The van der Waals surface area contributed by atoms with Crippen LogP contribution in [0.1, 0.15) is 135 Å². The molecule has 0 aromatic rings. The molecule has 12 heteroatoms. The highest BCUT2D eigenvalue weighted by Gasteiger charge is 2.42. The molecule has 0 aliphatic heterocycles. The van der Waals surface area contributed by atoms with E-state index in [0.717, 1.165) is 96.7 Å². The molecule has 5 rings (SSSR count). The van der Waals surface area contributed by atoms with E-state index >= 15 is 0 Å². The summed E-state index contributed by atoms with van der Waals surface area (Å²) in [4.78, 5) is 48.2. The maximum atomic E-state index is 13.0. The van der Waals surface area contributed by atoms with Crippen molar-refractivity contribution in [3.05, 3.63) is 0 Å². The number of hydrogen-bond acceptors (Lipinski definition) is 10. The lowest BCUT2D eigenvalue weighted by Gasteiger charge is -2.34. The molecule has 0 radical (unpaired) electrons. The van der Waals surface area contributed by atoms with Gasteiger partial charge in [-0.1, -0.05) is 25.7 Å². The smallest absolute Gasteiger partial charge is 0.310 e. The van der Waals surface area contributed by atoms with Crippen molar-refractivity contribution in [3.63, 3.8) is 0 Å². The molecule has 0 bridgehead atoms. The maximum Gasteiger partial charge on any atom is 0.310 e. The first kappa shape index (κ1) is 42.7. The molecular formula is C42H66O12. The Morgan fingerprint density at radius 1 is 0.574 bits per heavy atom. The molecule has 5 aliphatic carbocycles. The van der Waals surface area contributed by atoms with E-state index in [1.54, 1.807) is 0 Å². The van der Waals surface area contributed by atoms with Crippen LogP contribution >= 0.6 is 0 Å². The number of esters is 1. The van der Waals surface area contributed by atoms with Gasteiger partial charge in [-0.05, 0) is 127 Å². The predicted molar refractivity (Wildman–Crippen MR) is 198 cm³/mol. The van der Waals surface area contributed by atoms with Crippen LogP contribution in [0.4, 0.5) is 0 Å². The number of carboxylic acids is 2. The van der Waals surface area contributed by atoms with E-state index in [1.807, 2.05) is 0 Å². The Hall–Kier alpha value is -2.43. The van der Waals surface area contributed by atoms with E-state index in [4.69, 9.17) is 39.9 Å². The molecule has 0 spiro atoms. The minimum Gasteiger partial charge on any atom is -0.481 e. The van der Waals surface area contributed by atoms with Crippen LogP contribution in [0.25, 0.3) is 0 Å². The third-order valence-electron chi connectivity index (χ3n) is 12.9. The molecule has 2 N–H and O–H groups in total. The lowest BCUT2D eigenvalue weighted by atomic mass is 9.77. The molecule has 54 heavy (non-hydrogen) atoms. The Kier molecular flexibility index (Phi) is 18.2. The van der Waals surface area contributed by atoms with Gasteiger partial charge in [-0.3, -0.25) is 14.4 Å². The van der Waals surface area contributed by atoms with Gasteiger partial charge in [0, 0.05) is 19.1 Å². The second kappa shape index (κ2) is 23.0. The van der Waals surface area contributed by atoms with Gasteiger partial charge < -0.3 is 33.9 Å². The fourth-order valence-corrected chi connectivity index (χ4v) is 9.57. The van der Waals surface area contributed by atoms with Crippen molar-refractivity contribution in [2.24, 2.45) is 35.5 Å². The summed E-state index contributed by atoms with van der Waals surface area (Å²) in [5, 5.41) is 19.4. The molecule has 5 saturated carbocycles. The van der Waals surface area contributed by atoms with Crippen molar-refractivity contribution >= 4 is 17.9 Å². The first-order valence-corrected chi connectivity index (χ1v) is 21.2. The van der Waals surface area contributed by atoms with Gasteiger partial charge in [0.05, 0.1) is 55.9 Å². The highest BCUT2D eigenvalue weighted by Crippen LogP contribution is 2.36. The van der Waals surface area contributed by atoms with E-state index in [2.05, 4.69) is 6.11 Å². The molecule has 0 saturated heterocycles. The van der Waals surface area contributed by atoms with Gasteiger partial charge in [0.15, 0.2) is 0 Å². The molecule has 0 amide bonds. The van der Waals surface area contributed by atoms with Crippen LogP contribution in [-0.2, 0) is 47.8 Å². The SMILES string of the molecule is C#COC1CCC(C(=O)O)C(C(=O)OC2CCC(CCOCCC3CCC(OOCC4CC(OCCOC5CCCCC5)CCC4C(=O)O)CC3)CC2)C1. The normalized spacial score (nSPS) is 33.7. The topological polar surface area (TPSA) is 156 Å². The van der Waals surface area contributed by atoms with E-state index in [9.17, 15) is 24.6 Å². The van der Waals surface area contributed by atoms with Crippen LogP contribution in [0, 0.1) is 48.0 Å². The van der Waals surface area contributed by atoms with E-state index < -0.39 is 35.7 Å². The Bertz CT molecular complexity index is 1170. The van der Waals surface area contributed by atoms with Crippen LogP contribution in [0.3, 0.4) is 0 Å². The molecule has 0 aromatic carbocycles. The average Bonchev–Trinajstić information content (AvgIpc) is 3.18. The van der Waals surface area contributed by atoms with Crippen LogP contribution in [0.2, 0.25) is 0 Å². The summed E-state index contributed by atoms with van der Waals surface area (Å²) in [5.41, 5.74) is 0. The van der Waals surface area contributed by atoms with Gasteiger partial charge in [0.25, 0.3) is 0 Å². The zero-order valence-corrected chi connectivity index (χ0v) is 32.3. The largest absolute Gasteiger partial charge is 0.481 e. The number of hydrogen-bond donors (Lipinski definition) is 2. The van der Waals surface area contributed by atoms with E-state index in [1.165, 1.54) is 19.3 Å². The highest BCUT2D eigenvalue weighted by atomic mass is 17.2. The van der Waals surface area contributed by atoms with Gasteiger partial charge in [0.2, 0.25) is 0 Å². The fraction of sp³-hybridized carbons (Fsp3) is 0.881. The molecule has 0 heterocycles. The number of ether oxygens (including phenoxy) is 5. The fourth-order valence-electron chi connectivity index (χ4n) is 9.57. The molecule has 306 valence electrons. The zero-order valence-electron chi connectivity index (χ0n) is 32.3. The van der Waals surface area contributed by atoms with Crippen molar-refractivity contribution in [1.82, 2.24) is 0 Å². The van der Waals surface area contributed by atoms with Crippen molar-refractivity contribution in [2.45, 2.75) is 165 Å². The number of terminal acetylenes is 1. The Morgan fingerprint density at radius 3 is 1.78 bits per heavy atom. The first-order valence-electron chi connectivity index (χ1n) is 21.2. The van der Waals surface area contributed by atoms with Crippen LogP contribution in [0.5, 0.6) is 0 Å². The number of rotatable bonds is 20. The highest BCUT2D eigenvalue weighted by molar-refractivity contribution is 5.81. The van der Waals surface area contributed by atoms with Crippen LogP contribution in [-0.4, -0.2) is 91.7 Å². The lowest BCUT2D eigenvalue weighted by Crippen LogP contribution is -2.40. The van der Waals surface area contributed by atoms with Gasteiger partial charge in [0.1, 0.15) is 18.3 Å². The second-order valence-electron chi connectivity index (χ2n) is 16.7. The molecule has 5 aliphatic rings. The summed E-state index contributed by atoms with van der Waals surface area (Å²) < 4.78 is 29.2. The summed E-state index contributed by atoms with van der Waals surface area (Å²) in [7, 11) is 0. The molecule has 12 nitrogen and oxygen atoms in total. The molecule has 5 fully saturated rings. The van der Waals surface area contributed by atoms with Gasteiger partial charge >= 0.3 is 17.9 Å². The monoisotopic (exact) mass is 762 g/mol. The number of carbonyl (C=O) groups is 3. The minimum absolute atomic E-state index is 0.0293. The van der Waals surface area contributed by atoms with Crippen molar-refractivity contribution in [3.8, 4) is 12.5 Å². The molecule has 0 aromatic heterocycles. The summed E-state index contributed by atoms with van der Waals surface area (Å²) >= 11 is 0. The van der Waals surface area contributed by atoms with Crippen molar-refractivity contribution in [1.29, 1.82) is 0 Å². The lowest BCUT2D eigenvalue weighted by molar-refractivity contribution is -0.338. The summed E-state index contributed by atoms with van der Waals surface area (Å²) in [6, 6.07) is 0. The quantitative estimate of drug-likeness (QED) is 0.0427. The van der Waals surface area contributed by atoms with Crippen molar-refractivity contribution < 1.29 is 58.1 Å². The maximum absolute atomic E-state index is 13.0. The summed E-state index contributed by atoms with van der Waals surface area (Å²) in [6.07, 6.45) is 26.1. The summed E-state index contributed by atoms with van der Waals surface area (Å²) in [6.45, 7) is 2.88. The Balaban J connectivity index is 0.877. The standard InChI is InChI=1S/C42H66O12/c1-2-49-36-17-19-38(41(45)46)39(27-36)42(47)53-33-12-8-29(9-13-33)20-22-48-23-21-30-10-14-34(15-11-30)54-52-28-31-26-35(16-18-37(31)40(43)44)51-25-24-50-32-6-4-3-5-7-32/h1,29-39H,3-28H2,(H,43,44)(H,45,46). The number of aliphatic carboxylic acids is 2. The van der Waals surface area contributed by atoms with Gasteiger partial charge in [-0.25, -0.2) is 9.78 Å². The number of carboxylic acid groups (broad SMARTS) is 2. The Morgan fingerprint density at radius 2 is 1.15 bits per heavy atom. The van der Waals surface area contributed by atoms with Gasteiger partial charge in [-0.15, -0.1) is 0 Å². The summed E-state index contributed by atoms with van der Waals surface area (Å²) in [5.74, 6) is -3.10. The van der Waals surface area contributed by atoms with Crippen molar-refractivity contribution in [2.75, 3.05) is 33.0 Å². The third-order valence-corrected chi connectivity index (χ3v) is 12.9.